The van der Waals surface area contributed by atoms with E-state index in [9.17, 15) is 5.11 Å². The van der Waals surface area contributed by atoms with E-state index in [1.54, 1.807) is 0 Å². The summed E-state index contributed by atoms with van der Waals surface area (Å²) in [5, 5.41) is 14.9. The van der Waals surface area contributed by atoms with Crippen molar-refractivity contribution in [2.45, 2.75) is 13.3 Å². The number of terminal acetylenes is 1. The van der Waals surface area contributed by atoms with Gasteiger partial charge in [-0.25, -0.2) is 0 Å². The molecule has 1 aromatic rings. The van der Waals surface area contributed by atoms with Crippen LogP contribution in [0.1, 0.15) is 13.3 Å². The van der Waals surface area contributed by atoms with Crippen molar-refractivity contribution in [2.24, 2.45) is 0 Å². The Bertz CT molecular complexity index is 360. The topological polar surface area (TPSA) is 83.0 Å². The monoisotopic (exact) mass is 207 g/mol. The number of aromatic hydroxyl groups is 1. The second-order valence-electron chi connectivity index (χ2n) is 2.77. The van der Waals surface area contributed by atoms with E-state index in [4.69, 9.17) is 6.42 Å². The molecule has 80 valence electrons. The Labute approximate surface area is 88.2 Å². The lowest BCUT2D eigenvalue weighted by atomic mass is 10.5. The second-order valence-corrected chi connectivity index (χ2v) is 2.77. The summed E-state index contributed by atoms with van der Waals surface area (Å²) in [7, 11) is 0. The van der Waals surface area contributed by atoms with Gasteiger partial charge in [0.2, 0.25) is 11.9 Å². The van der Waals surface area contributed by atoms with Crippen molar-refractivity contribution in [3.63, 3.8) is 0 Å². The first kappa shape index (κ1) is 11.0. The summed E-state index contributed by atoms with van der Waals surface area (Å²) < 4.78 is 0. The Morgan fingerprint density at radius 1 is 1.27 bits per heavy atom. The zero-order valence-corrected chi connectivity index (χ0v) is 8.49. The highest BCUT2D eigenvalue weighted by atomic mass is 16.3. The van der Waals surface area contributed by atoms with Crippen LogP contribution in [0.3, 0.4) is 0 Å². The molecule has 15 heavy (non-hydrogen) atoms. The highest BCUT2D eigenvalue weighted by molar-refractivity contribution is 5.36. The summed E-state index contributed by atoms with van der Waals surface area (Å²) in [5.41, 5.74) is 0. The normalized spacial score (nSPS) is 9.33. The van der Waals surface area contributed by atoms with E-state index in [2.05, 4.69) is 31.5 Å². The highest BCUT2D eigenvalue weighted by Gasteiger charge is 2.03. The van der Waals surface area contributed by atoms with Gasteiger partial charge in [0, 0.05) is 6.54 Å². The molecule has 0 aromatic carbocycles. The molecule has 0 atom stereocenters. The summed E-state index contributed by atoms with van der Waals surface area (Å²) in [6.07, 6.45) is 6.01. The lowest BCUT2D eigenvalue weighted by Crippen LogP contribution is -2.09. The minimum Gasteiger partial charge on any atom is -0.479 e. The van der Waals surface area contributed by atoms with Crippen molar-refractivity contribution in [1.29, 1.82) is 0 Å². The van der Waals surface area contributed by atoms with Gasteiger partial charge in [0.05, 0.1) is 6.54 Å². The minimum atomic E-state index is -0.330. The molecule has 3 N–H and O–H groups in total. The van der Waals surface area contributed by atoms with Gasteiger partial charge in [-0.05, 0) is 6.42 Å². The van der Waals surface area contributed by atoms with Crippen LogP contribution < -0.4 is 10.6 Å². The molecule has 0 aliphatic rings. The maximum Gasteiger partial charge on any atom is 0.320 e. The van der Waals surface area contributed by atoms with Crippen molar-refractivity contribution in [1.82, 2.24) is 15.0 Å². The molecule has 1 heterocycles. The summed E-state index contributed by atoms with van der Waals surface area (Å²) in [6, 6.07) is -0.330. The summed E-state index contributed by atoms with van der Waals surface area (Å²) in [5.74, 6) is 2.98. The molecule has 0 amide bonds. The average molecular weight is 207 g/mol. The Morgan fingerprint density at radius 3 is 2.53 bits per heavy atom. The summed E-state index contributed by atoms with van der Waals surface area (Å²) in [4.78, 5) is 11.4. The van der Waals surface area contributed by atoms with E-state index in [0.29, 0.717) is 12.5 Å². The van der Waals surface area contributed by atoms with Gasteiger partial charge in [0.15, 0.2) is 0 Å². The Kier molecular flexibility index (Phi) is 4.16. The molecular formula is C9H13N5O. The van der Waals surface area contributed by atoms with Crippen molar-refractivity contribution < 1.29 is 5.11 Å². The molecule has 6 heteroatoms. The van der Waals surface area contributed by atoms with Crippen LogP contribution in [0.15, 0.2) is 0 Å². The van der Waals surface area contributed by atoms with Crippen LogP contribution >= 0.6 is 0 Å². The first-order valence-corrected chi connectivity index (χ1v) is 4.62. The molecule has 0 unspecified atom stereocenters. The largest absolute Gasteiger partial charge is 0.479 e. The number of anilines is 2. The van der Waals surface area contributed by atoms with Gasteiger partial charge >= 0.3 is 6.01 Å². The van der Waals surface area contributed by atoms with Gasteiger partial charge in [-0.3, -0.25) is 0 Å². The number of hydrogen-bond donors (Lipinski definition) is 3. The fourth-order valence-corrected chi connectivity index (χ4v) is 0.890. The smallest absolute Gasteiger partial charge is 0.320 e. The van der Waals surface area contributed by atoms with Crippen LogP contribution in [0.25, 0.3) is 0 Å². The van der Waals surface area contributed by atoms with Gasteiger partial charge in [0.25, 0.3) is 0 Å². The molecule has 0 bridgehead atoms. The zero-order valence-electron chi connectivity index (χ0n) is 8.49. The SMILES string of the molecule is C#CCNc1nc(O)nc(NCCC)n1. The molecule has 0 aliphatic heterocycles. The van der Waals surface area contributed by atoms with Crippen molar-refractivity contribution in [2.75, 3.05) is 23.7 Å². The van der Waals surface area contributed by atoms with Gasteiger partial charge in [-0.2, -0.15) is 15.0 Å². The van der Waals surface area contributed by atoms with Crippen LogP contribution in [0.4, 0.5) is 11.9 Å². The first-order valence-electron chi connectivity index (χ1n) is 4.62. The maximum absolute atomic E-state index is 9.20. The van der Waals surface area contributed by atoms with E-state index in [1.165, 1.54) is 0 Å². The van der Waals surface area contributed by atoms with Gasteiger partial charge < -0.3 is 15.7 Å². The number of rotatable bonds is 5. The van der Waals surface area contributed by atoms with Crippen LogP contribution in [-0.4, -0.2) is 33.1 Å². The van der Waals surface area contributed by atoms with E-state index in [0.717, 1.165) is 13.0 Å². The van der Waals surface area contributed by atoms with Gasteiger partial charge in [-0.15, -0.1) is 6.42 Å². The predicted octanol–water partition coefficient (Wildman–Crippen LogP) is 0.444. The van der Waals surface area contributed by atoms with Crippen LogP contribution in [0.5, 0.6) is 6.01 Å². The molecule has 6 nitrogen and oxygen atoms in total. The third-order valence-electron chi connectivity index (χ3n) is 1.51. The quantitative estimate of drug-likeness (QED) is 0.608. The van der Waals surface area contributed by atoms with E-state index in [-0.39, 0.29) is 12.0 Å². The first-order chi connectivity index (χ1) is 7.26. The highest BCUT2D eigenvalue weighted by Crippen LogP contribution is 2.08. The fraction of sp³-hybridized carbons (Fsp3) is 0.444. The molecule has 1 aromatic heterocycles. The molecule has 0 saturated heterocycles. The minimum absolute atomic E-state index is 0.263. The third kappa shape index (κ3) is 3.68. The Hall–Kier alpha value is -2.03. The van der Waals surface area contributed by atoms with E-state index < -0.39 is 0 Å². The number of hydrogen-bond acceptors (Lipinski definition) is 6. The Morgan fingerprint density at radius 2 is 1.93 bits per heavy atom. The summed E-state index contributed by atoms with van der Waals surface area (Å²) in [6.45, 7) is 3.06. The molecule has 0 aliphatic carbocycles. The molecule has 0 radical (unpaired) electrons. The second kappa shape index (κ2) is 5.65. The van der Waals surface area contributed by atoms with E-state index in [1.807, 2.05) is 6.92 Å². The molecule has 1 rings (SSSR count). The molecular weight excluding hydrogens is 194 g/mol. The number of nitrogens with one attached hydrogen (secondary N) is 2. The fourth-order valence-electron chi connectivity index (χ4n) is 0.890. The van der Waals surface area contributed by atoms with Crippen molar-refractivity contribution >= 4 is 11.9 Å². The van der Waals surface area contributed by atoms with Crippen molar-refractivity contribution in [3.8, 4) is 18.4 Å². The molecule has 0 spiro atoms. The maximum atomic E-state index is 9.20. The van der Waals surface area contributed by atoms with Crippen LogP contribution in [-0.2, 0) is 0 Å². The molecule has 0 saturated carbocycles. The number of aromatic nitrogens is 3. The number of nitrogens with zero attached hydrogens (tertiary/aromatic N) is 3. The van der Waals surface area contributed by atoms with Crippen LogP contribution in [0.2, 0.25) is 0 Å². The van der Waals surface area contributed by atoms with Crippen molar-refractivity contribution in [3.05, 3.63) is 0 Å². The standard InChI is InChI=1S/C9H13N5O/c1-3-5-10-7-12-8(11-6-4-2)14-9(15)13-7/h1H,4-6H2,2H3,(H3,10,11,12,13,14,15). The summed E-state index contributed by atoms with van der Waals surface area (Å²) >= 11 is 0. The lowest BCUT2D eigenvalue weighted by molar-refractivity contribution is 0.430. The average Bonchev–Trinajstić information content (AvgIpc) is 2.23. The van der Waals surface area contributed by atoms with Gasteiger partial charge in [-0.1, -0.05) is 12.8 Å². The Balaban J connectivity index is 2.71. The van der Waals surface area contributed by atoms with Crippen LogP contribution in [0, 0.1) is 12.3 Å². The zero-order chi connectivity index (χ0) is 11.1. The lowest BCUT2D eigenvalue weighted by Gasteiger charge is -2.05. The van der Waals surface area contributed by atoms with E-state index >= 15 is 0 Å². The third-order valence-corrected chi connectivity index (χ3v) is 1.51. The predicted molar refractivity (Wildman–Crippen MR) is 57.6 cm³/mol. The molecule has 0 fully saturated rings. The van der Waals surface area contributed by atoms with Gasteiger partial charge in [0.1, 0.15) is 0 Å².